The Morgan fingerprint density at radius 3 is 3.17 bits per heavy atom. The summed E-state index contributed by atoms with van der Waals surface area (Å²) in [5, 5.41) is 4.62. The minimum Gasteiger partial charge on any atom is -0.152 e. The van der Waals surface area contributed by atoms with Gasteiger partial charge < -0.3 is 0 Å². The van der Waals surface area contributed by atoms with Gasteiger partial charge in [-0.3, -0.25) is 0 Å². The van der Waals surface area contributed by atoms with Crippen LogP contribution in [-0.4, -0.2) is 0 Å². The Morgan fingerprint density at radius 2 is 2.33 bits per heavy atom. The van der Waals surface area contributed by atoms with Gasteiger partial charge in [0, 0.05) is 0 Å². The first kappa shape index (κ1) is 8.06. The number of aryl methyl sites for hydroxylation is 1. The molecule has 0 N–H and O–H groups in total. The molecule has 0 amide bonds. The number of thiophene rings is 1. The lowest BCUT2D eigenvalue weighted by Gasteiger charge is -2.20. The van der Waals surface area contributed by atoms with Gasteiger partial charge in [-0.25, -0.2) is 0 Å². The molecule has 0 saturated carbocycles. The highest BCUT2D eigenvalue weighted by atomic mass is 32.1. The number of rotatable bonds is 2. The summed E-state index contributed by atoms with van der Waals surface area (Å²) >= 11 is 1.85. The fraction of sp³-hybridized carbons (Fsp3) is 0.455. The Labute approximate surface area is 77.9 Å². The van der Waals surface area contributed by atoms with Crippen molar-refractivity contribution >= 4 is 11.3 Å². The molecule has 1 aromatic rings. The highest BCUT2D eigenvalue weighted by molar-refractivity contribution is 7.08. The van der Waals surface area contributed by atoms with Crippen LogP contribution in [0.5, 0.6) is 0 Å². The Balaban J connectivity index is 2.09. The Bertz CT molecular complexity index is 272. The molecule has 2 rings (SSSR count). The summed E-state index contributed by atoms with van der Waals surface area (Å²) in [4.78, 5) is 0. The van der Waals surface area contributed by atoms with Crippen LogP contribution in [0.15, 0.2) is 23.4 Å². The molecule has 0 saturated heterocycles. The van der Waals surface area contributed by atoms with E-state index in [4.69, 9.17) is 0 Å². The van der Waals surface area contributed by atoms with E-state index in [1.165, 1.54) is 25.7 Å². The zero-order valence-electron chi connectivity index (χ0n) is 7.25. The van der Waals surface area contributed by atoms with E-state index in [0.717, 1.165) is 5.92 Å². The van der Waals surface area contributed by atoms with E-state index in [0.29, 0.717) is 0 Å². The molecule has 1 heteroatoms. The maximum atomic E-state index is 3.80. The van der Waals surface area contributed by atoms with Gasteiger partial charge in [0.25, 0.3) is 0 Å². The van der Waals surface area contributed by atoms with Gasteiger partial charge in [0.05, 0.1) is 0 Å². The topological polar surface area (TPSA) is 0 Å². The minimum atomic E-state index is 0.865. The van der Waals surface area contributed by atoms with Crippen LogP contribution in [-0.2, 0) is 12.8 Å². The molecule has 1 heterocycles. The van der Waals surface area contributed by atoms with Gasteiger partial charge in [0.2, 0.25) is 0 Å². The van der Waals surface area contributed by atoms with Gasteiger partial charge in [-0.1, -0.05) is 6.08 Å². The molecule has 1 aromatic heterocycles. The van der Waals surface area contributed by atoms with E-state index in [1.807, 2.05) is 11.3 Å². The summed E-state index contributed by atoms with van der Waals surface area (Å²) in [6.45, 7) is 3.80. The highest BCUT2D eigenvalue weighted by Gasteiger charge is 2.17. The number of allylic oxidation sites excluding steroid dienone is 1. The molecule has 0 aliphatic heterocycles. The van der Waals surface area contributed by atoms with Crippen molar-refractivity contribution in [1.82, 2.24) is 0 Å². The predicted octanol–water partition coefficient (Wildman–Crippen LogP) is 3.43. The fourth-order valence-electron chi connectivity index (χ4n) is 1.96. The fourth-order valence-corrected chi connectivity index (χ4v) is 2.87. The molecule has 0 bridgehead atoms. The van der Waals surface area contributed by atoms with Crippen LogP contribution < -0.4 is 0 Å². The van der Waals surface area contributed by atoms with Gasteiger partial charge >= 0.3 is 0 Å². The third-order valence-electron chi connectivity index (χ3n) is 2.66. The molecule has 64 valence electrons. The SMILES string of the molecule is C=CCC1CCc2cscc2C1. The molecular formula is C11H14S. The van der Waals surface area contributed by atoms with E-state index >= 15 is 0 Å². The first-order chi connectivity index (χ1) is 5.90. The average molecular weight is 178 g/mol. The summed E-state index contributed by atoms with van der Waals surface area (Å²) in [5.41, 5.74) is 3.19. The van der Waals surface area contributed by atoms with Crippen molar-refractivity contribution in [2.75, 3.05) is 0 Å². The summed E-state index contributed by atoms with van der Waals surface area (Å²) in [7, 11) is 0. The number of hydrogen-bond acceptors (Lipinski definition) is 1. The summed E-state index contributed by atoms with van der Waals surface area (Å²) < 4.78 is 0. The van der Waals surface area contributed by atoms with Crippen LogP contribution in [0.4, 0.5) is 0 Å². The second kappa shape index (κ2) is 3.44. The molecule has 0 spiro atoms. The summed E-state index contributed by atoms with van der Waals surface area (Å²) in [6, 6.07) is 0. The lowest BCUT2D eigenvalue weighted by atomic mass is 9.84. The van der Waals surface area contributed by atoms with Crippen molar-refractivity contribution in [1.29, 1.82) is 0 Å². The van der Waals surface area contributed by atoms with Crippen molar-refractivity contribution in [3.05, 3.63) is 34.5 Å². The first-order valence-corrected chi connectivity index (χ1v) is 5.49. The third-order valence-corrected chi connectivity index (χ3v) is 3.50. The molecular weight excluding hydrogens is 164 g/mol. The van der Waals surface area contributed by atoms with E-state index < -0.39 is 0 Å². The van der Waals surface area contributed by atoms with Crippen LogP contribution >= 0.6 is 11.3 Å². The largest absolute Gasteiger partial charge is 0.152 e. The van der Waals surface area contributed by atoms with Crippen LogP contribution in [0, 0.1) is 5.92 Å². The minimum absolute atomic E-state index is 0.865. The molecule has 0 aromatic carbocycles. The van der Waals surface area contributed by atoms with Crippen molar-refractivity contribution in [3.63, 3.8) is 0 Å². The van der Waals surface area contributed by atoms with E-state index in [1.54, 1.807) is 11.1 Å². The Morgan fingerprint density at radius 1 is 1.50 bits per heavy atom. The standard InChI is InChI=1S/C11H14S/c1-2-3-9-4-5-10-7-12-8-11(10)6-9/h2,7-9H,1,3-6H2. The van der Waals surface area contributed by atoms with Crippen LogP contribution in [0.1, 0.15) is 24.0 Å². The smallest absolute Gasteiger partial charge is 0.00583 e. The first-order valence-electron chi connectivity index (χ1n) is 4.55. The number of hydrogen-bond donors (Lipinski definition) is 0. The van der Waals surface area contributed by atoms with Gasteiger partial charge in [-0.15, -0.1) is 6.58 Å². The lowest BCUT2D eigenvalue weighted by molar-refractivity contribution is 0.466. The average Bonchev–Trinajstić information content (AvgIpc) is 2.51. The number of fused-ring (bicyclic) bond motifs is 1. The lowest BCUT2D eigenvalue weighted by Crippen LogP contribution is -2.11. The zero-order chi connectivity index (χ0) is 8.39. The Hall–Kier alpha value is -0.560. The van der Waals surface area contributed by atoms with E-state index in [-0.39, 0.29) is 0 Å². The molecule has 1 unspecified atom stereocenters. The van der Waals surface area contributed by atoms with Crippen molar-refractivity contribution in [2.24, 2.45) is 5.92 Å². The normalized spacial score (nSPS) is 21.8. The maximum Gasteiger partial charge on any atom is -0.00583 e. The molecule has 1 aliphatic carbocycles. The van der Waals surface area contributed by atoms with Crippen molar-refractivity contribution in [3.8, 4) is 0 Å². The van der Waals surface area contributed by atoms with Gasteiger partial charge in [-0.2, -0.15) is 11.3 Å². The van der Waals surface area contributed by atoms with Crippen LogP contribution in [0.3, 0.4) is 0 Å². The summed E-state index contributed by atoms with van der Waals surface area (Å²) in [6.07, 6.45) is 7.18. The van der Waals surface area contributed by atoms with Gasteiger partial charge in [-0.05, 0) is 53.5 Å². The molecule has 0 radical (unpaired) electrons. The van der Waals surface area contributed by atoms with Crippen molar-refractivity contribution in [2.45, 2.75) is 25.7 Å². The van der Waals surface area contributed by atoms with Crippen LogP contribution in [0.2, 0.25) is 0 Å². The van der Waals surface area contributed by atoms with E-state index in [2.05, 4.69) is 23.4 Å². The zero-order valence-corrected chi connectivity index (χ0v) is 8.07. The molecule has 1 aliphatic rings. The monoisotopic (exact) mass is 178 g/mol. The predicted molar refractivity (Wildman–Crippen MR) is 54.6 cm³/mol. The van der Waals surface area contributed by atoms with Crippen molar-refractivity contribution < 1.29 is 0 Å². The van der Waals surface area contributed by atoms with E-state index in [9.17, 15) is 0 Å². The second-order valence-corrected chi connectivity index (χ2v) is 4.30. The van der Waals surface area contributed by atoms with Gasteiger partial charge in [0.15, 0.2) is 0 Å². The van der Waals surface area contributed by atoms with Crippen LogP contribution in [0.25, 0.3) is 0 Å². The highest BCUT2D eigenvalue weighted by Crippen LogP contribution is 2.29. The van der Waals surface area contributed by atoms with Gasteiger partial charge in [0.1, 0.15) is 0 Å². The quantitative estimate of drug-likeness (QED) is 0.609. The third kappa shape index (κ3) is 1.46. The Kier molecular flexibility index (Phi) is 2.31. The molecule has 0 fully saturated rings. The maximum absolute atomic E-state index is 3.80. The second-order valence-electron chi connectivity index (χ2n) is 3.56. The molecule has 12 heavy (non-hydrogen) atoms. The molecule has 1 atom stereocenters. The summed E-state index contributed by atoms with van der Waals surface area (Å²) in [5.74, 6) is 0.865. The molecule has 0 nitrogen and oxygen atoms in total.